The van der Waals surface area contributed by atoms with Gasteiger partial charge in [-0.1, -0.05) is 12.8 Å². The molecular weight excluding hydrogens is 187 g/mol. The van der Waals surface area contributed by atoms with Gasteiger partial charge in [0.2, 0.25) is 0 Å². The molecule has 1 aliphatic carbocycles. The minimum absolute atomic E-state index is 0. The number of amides is 2. The van der Waals surface area contributed by atoms with E-state index < -0.39 is 0 Å². The van der Waals surface area contributed by atoms with E-state index in [2.05, 4.69) is 18.8 Å². The van der Waals surface area contributed by atoms with Crippen molar-refractivity contribution in [3.05, 3.63) is 0 Å². The summed E-state index contributed by atoms with van der Waals surface area (Å²) >= 11 is 0. The third kappa shape index (κ3) is 2.24. The lowest BCUT2D eigenvalue weighted by Gasteiger charge is -2.42. The van der Waals surface area contributed by atoms with Crippen molar-refractivity contribution in [2.45, 2.75) is 51.6 Å². The highest BCUT2D eigenvalue weighted by molar-refractivity contribution is 5.87. The standard InChI is InChI=1S/C11H18N2O.B/c1-8(2)13-10-6-4-3-5-9(10)7-12-11(13)14;/h7-10H,3-6H2,1-2H3;. The Hall–Kier alpha value is -0.795. The van der Waals surface area contributed by atoms with Gasteiger partial charge in [0.15, 0.2) is 0 Å². The second-order valence-corrected chi connectivity index (χ2v) is 4.58. The highest BCUT2D eigenvalue weighted by atomic mass is 16.2. The zero-order chi connectivity index (χ0) is 10.1. The first-order chi connectivity index (χ1) is 6.70. The Kier molecular flexibility index (Phi) is 3.94. The molecule has 2 amide bonds. The Morgan fingerprint density at radius 2 is 2.07 bits per heavy atom. The van der Waals surface area contributed by atoms with E-state index in [0.717, 1.165) is 6.42 Å². The minimum Gasteiger partial charge on any atom is -0.317 e. The van der Waals surface area contributed by atoms with Gasteiger partial charge in [0.25, 0.3) is 0 Å². The fraction of sp³-hybridized carbons (Fsp3) is 0.818. The molecule has 0 bridgehead atoms. The van der Waals surface area contributed by atoms with E-state index in [4.69, 9.17) is 0 Å². The first kappa shape index (κ1) is 12.3. The van der Waals surface area contributed by atoms with Crippen LogP contribution in [0.1, 0.15) is 39.5 Å². The van der Waals surface area contributed by atoms with E-state index in [1.165, 1.54) is 19.3 Å². The van der Waals surface area contributed by atoms with Crippen LogP contribution in [0.25, 0.3) is 0 Å². The highest BCUT2D eigenvalue weighted by Gasteiger charge is 2.36. The van der Waals surface area contributed by atoms with Gasteiger partial charge in [-0.15, -0.1) is 0 Å². The lowest BCUT2D eigenvalue weighted by atomic mass is 9.83. The number of rotatable bonds is 1. The second-order valence-electron chi connectivity index (χ2n) is 4.58. The molecule has 1 fully saturated rings. The van der Waals surface area contributed by atoms with E-state index in [1.54, 1.807) is 0 Å². The molecule has 2 unspecified atom stereocenters. The summed E-state index contributed by atoms with van der Waals surface area (Å²) in [6.45, 7) is 4.15. The summed E-state index contributed by atoms with van der Waals surface area (Å²) in [5.74, 6) is 0.517. The summed E-state index contributed by atoms with van der Waals surface area (Å²) < 4.78 is 0. The van der Waals surface area contributed by atoms with Crippen molar-refractivity contribution in [3.8, 4) is 0 Å². The predicted octanol–water partition coefficient (Wildman–Crippen LogP) is 2.08. The predicted molar refractivity (Wildman–Crippen MR) is 62.4 cm³/mol. The van der Waals surface area contributed by atoms with Gasteiger partial charge in [0, 0.05) is 32.6 Å². The van der Waals surface area contributed by atoms with E-state index in [9.17, 15) is 4.79 Å². The van der Waals surface area contributed by atoms with E-state index in [0.29, 0.717) is 12.0 Å². The van der Waals surface area contributed by atoms with Crippen LogP contribution in [0.3, 0.4) is 0 Å². The molecule has 2 aliphatic rings. The molecular formula is C11H18BN2O. The second kappa shape index (κ2) is 4.82. The molecule has 2 atom stereocenters. The number of aliphatic imine (C=N–C) groups is 1. The Morgan fingerprint density at radius 3 is 2.73 bits per heavy atom. The summed E-state index contributed by atoms with van der Waals surface area (Å²) in [5, 5.41) is 0. The zero-order valence-electron chi connectivity index (χ0n) is 9.52. The fourth-order valence-corrected chi connectivity index (χ4v) is 2.63. The van der Waals surface area contributed by atoms with Crippen molar-refractivity contribution >= 4 is 20.7 Å². The number of hydrogen-bond donors (Lipinski definition) is 0. The van der Waals surface area contributed by atoms with Gasteiger partial charge in [-0.05, 0) is 26.7 Å². The van der Waals surface area contributed by atoms with Crippen molar-refractivity contribution < 1.29 is 4.79 Å². The van der Waals surface area contributed by atoms with Crippen molar-refractivity contribution in [3.63, 3.8) is 0 Å². The molecule has 4 heteroatoms. The lowest BCUT2D eigenvalue weighted by Crippen LogP contribution is -2.51. The van der Waals surface area contributed by atoms with Crippen LogP contribution in [-0.2, 0) is 0 Å². The Morgan fingerprint density at radius 1 is 1.40 bits per heavy atom. The molecule has 1 saturated carbocycles. The molecule has 0 spiro atoms. The van der Waals surface area contributed by atoms with Crippen LogP contribution in [0, 0.1) is 5.92 Å². The number of fused-ring (bicyclic) bond motifs is 1. The highest BCUT2D eigenvalue weighted by Crippen LogP contribution is 2.31. The molecule has 2 rings (SSSR count). The van der Waals surface area contributed by atoms with E-state index in [-0.39, 0.29) is 20.5 Å². The minimum atomic E-state index is -0.0388. The van der Waals surface area contributed by atoms with Gasteiger partial charge in [0.1, 0.15) is 0 Å². The smallest absolute Gasteiger partial charge is 0.317 e. The quantitative estimate of drug-likeness (QED) is 0.603. The van der Waals surface area contributed by atoms with Crippen LogP contribution in [-0.4, -0.2) is 37.6 Å². The first-order valence-electron chi connectivity index (χ1n) is 5.56. The summed E-state index contributed by atoms with van der Waals surface area (Å²) in [4.78, 5) is 17.6. The van der Waals surface area contributed by atoms with Crippen molar-refractivity contribution in [2.24, 2.45) is 10.9 Å². The van der Waals surface area contributed by atoms with Gasteiger partial charge in [-0.2, -0.15) is 0 Å². The van der Waals surface area contributed by atoms with Gasteiger partial charge in [-0.3, -0.25) is 0 Å². The van der Waals surface area contributed by atoms with E-state index >= 15 is 0 Å². The summed E-state index contributed by atoms with van der Waals surface area (Å²) in [6.07, 6.45) is 6.77. The first-order valence-corrected chi connectivity index (χ1v) is 5.56. The maximum Gasteiger partial charge on any atom is 0.343 e. The number of hydrogen-bond acceptors (Lipinski definition) is 1. The summed E-state index contributed by atoms with van der Waals surface area (Å²) in [6, 6.07) is 0.669. The fourth-order valence-electron chi connectivity index (χ4n) is 2.63. The molecule has 81 valence electrons. The maximum atomic E-state index is 11.6. The topological polar surface area (TPSA) is 32.7 Å². The van der Waals surface area contributed by atoms with Gasteiger partial charge in [-0.25, -0.2) is 9.79 Å². The molecule has 15 heavy (non-hydrogen) atoms. The molecule has 3 nitrogen and oxygen atoms in total. The average Bonchev–Trinajstić information content (AvgIpc) is 2.17. The van der Waals surface area contributed by atoms with Crippen molar-refractivity contribution in [1.82, 2.24) is 4.90 Å². The van der Waals surface area contributed by atoms with Crippen molar-refractivity contribution in [2.75, 3.05) is 0 Å². The SMILES string of the molecule is CC(C)N1C(=O)N=CC2CCCCC21.[B]. The maximum absolute atomic E-state index is 11.6. The largest absolute Gasteiger partial charge is 0.343 e. The molecule has 0 aromatic heterocycles. The third-order valence-electron chi connectivity index (χ3n) is 3.29. The molecule has 1 heterocycles. The van der Waals surface area contributed by atoms with Crippen LogP contribution < -0.4 is 0 Å². The summed E-state index contributed by atoms with van der Waals surface area (Å²) in [5.41, 5.74) is 0. The third-order valence-corrected chi connectivity index (χ3v) is 3.29. The molecule has 0 N–H and O–H groups in total. The molecule has 0 saturated heterocycles. The Balaban J connectivity index is 0.00000112. The van der Waals surface area contributed by atoms with Gasteiger partial charge in [0.05, 0.1) is 0 Å². The lowest BCUT2D eigenvalue weighted by molar-refractivity contribution is 0.121. The normalized spacial score (nSPS) is 30.1. The molecule has 0 aromatic rings. The van der Waals surface area contributed by atoms with Crippen LogP contribution in [0.2, 0.25) is 0 Å². The van der Waals surface area contributed by atoms with Crippen LogP contribution in [0.4, 0.5) is 4.79 Å². The van der Waals surface area contributed by atoms with E-state index in [1.807, 2.05) is 11.1 Å². The van der Waals surface area contributed by atoms with Crippen molar-refractivity contribution in [1.29, 1.82) is 0 Å². The average molecular weight is 205 g/mol. The van der Waals surface area contributed by atoms with Crippen LogP contribution in [0.15, 0.2) is 4.99 Å². The van der Waals surface area contributed by atoms with Crippen LogP contribution in [0.5, 0.6) is 0 Å². The summed E-state index contributed by atoms with van der Waals surface area (Å²) in [7, 11) is 0. The molecule has 3 radical (unpaired) electrons. The molecule has 1 aliphatic heterocycles. The van der Waals surface area contributed by atoms with Gasteiger partial charge < -0.3 is 4.90 Å². The number of carbonyl (C=O) groups excluding carboxylic acids is 1. The van der Waals surface area contributed by atoms with Crippen LogP contribution >= 0.6 is 0 Å². The Labute approximate surface area is 93.5 Å². The number of urea groups is 1. The monoisotopic (exact) mass is 205 g/mol. The Bertz CT molecular complexity index is 265. The molecule has 0 aromatic carbocycles. The number of carbonyl (C=O) groups is 1. The number of nitrogens with zero attached hydrogens (tertiary/aromatic N) is 2. The zero-order valence-corrected chi connectivity index (χ0v) is 9.52. The van der Waals surface area contributed by atoms with Gasteiger partial charge >= 0.3 is 6.03 Å².